The van der Waals surface area contributed by atoms with Gasteiger partial charge in [-0.2, -0.15) is 0 Å². The van der Waals surface area contributed by atoms with Crippen molar-refractivity contribution in [3.05, 3.63) is 17.8 Å². The van der Waals surface area contributed by atoms with Crippen LogP contribution in [0.25, 0.3) is 10.2 Å². The predicted octanol–water partition coefficient (Wildman–Crippen LogP) is 1.56. The molecule has 7 heteroatoms. The van der Waals surface area contributed by atoms with Gasteiger partial charge < -0.3 is 4.74 Å². The average molecular weight is 301 g/mol. The summed E-state index contributed by atoms with van der Waals surface area (Å²) < 4.78 is 7.26. The summed E-state index contributed by atoms with van der Waals surface area (Å²) in [5, 5.41) is 5.27. The highest BCUT2D eigenvalue weighted by Crippen LogP contribution is 2.41. The molecule has 2 fully saturated rings. The Kier molecular flexibility index (Phi) is 2.34. The Bertz CT molecular complexity index is 744. The number of piperidine rings is 1. The molecule has 108 valence electrons. The molecule has 3 atom stereocenters. The van der Waals surface area contributed by atoms with Crippen molar-refractivity contribution in [1.29, 1.82) is 0 Å². The normalized spacial score (nSPS) is 33.6. The molecule has 0 aliphatic carbocycles. The van der Waals surface area contributed by atoms with Crippen LogP contribution >= 0.6 is 11.3 Å². The van der Waals surface area contributed by atoms with Crippen molar-refractivity contribution in [2.45, 2.75) is 12.0 Å². The van der Waals surface area contributed by atoms with Crippen molar-refractivity contribution >= 4 is 33.4 Å². The first-order chi connectivity index (χ1) is 10.3. The summed E-state index contributed by atoms with van der Waals surface area (Å²) in [5.74, 6) is 1.40. The first-order valence-corrected chi connectivity index (χ1v) is 8.11. The minimum atomic E-state index is -0.0951. The van der Waals surface area contributed by atoms with Gasteiger partial charge in [0, 0.05) is 19.0 Å². The van der Waals surface area contributed by atoms with Crippen molar-refractivity contribution in [1.82, 2.24) is 14.9 Å². The molecule has 2 aromatic heterocycles. The number of anilines is 1. The van der Waals surface area contributed by atoms with E-state index in [1.54, 1.807) is 17.7 Å². The van der Waals surface area contributed by atoms with Gasteiger partial charge in [0.05, 0.1) is 16.8 Å². The van der Waals surface area contributed by atoms with Crippen molar-refractivity contribution in [2.75, 3.05) is 31.5 Å². The van der Waals surface area contributed by atoms with Crippen LogP contribution in [-0.2, 0) is 4.74 Å². The number of fused-ring (bicyclic) bond motifs is 4. The van der Waals surface area contributed by atoms with E-state index in [1.165, 1.54) is 13.0 Å². The molecule has 2 saturated heterocycles. The van der Waals surface area contributed by atoms with Crippen molar-refractivity contribution in [3.8, 4) is 0 Å². The van der Waals surface area contributed by atoms with Crippen LogP contribution in [0.1, 0.15) is 6.42 Å². The number of thiophene rings is 1. The van der Waals surface area contributed by atoms with Gasteiger partial charge in [0.1, 0.15) is 11.9 Å². The Hall–Kier alpha value is -1.73. The Morgan fingerprint density at radius 3 is 3.29 bits per heavy atom. The fourth-order valence-corrected chi connectivity index (χ4v) is 4.50. The highest BCUT2D eigenvalue weighted by Gasteiger charge is 2.54. The predicted molar refractivity (Wildman–Crippen MR) is 81.7 cm³/mol. The molecule has 6 nitrogen and oxygen atoms in total. The lowest BCUT2D eigenvalue weighted by atomic mass is 9.88. The van der Waals surface area contributed by atoms with Gasteiger partial charge in [-0.25, -0.2) is 15.0 Å². The van der Waals surface area contributed by atoms with Crippen molar-refractivity contribution in [2.24, 2.45) is 10.9 Å². The molecule has 0 amide bonds. The van der Waals surface area contributed by atoms with Gasteiger partial charge >= 0.3 is 0 Å². The van der Waals surface area contributed by atoms with Gasteiger partial charge in [0.2, 0.25) is 0 Å². The van der Waals surface area contributed by atoms with E-state index in [0.29, 0.717) is 11.9 Å². The summed E-state index contributed by atoms with van der Waals surface area (Å²) in [7, 11) is 0. The molecular formula is C14H15N5OS. The Morgan fingerprint density at radius 1 is 1.43 bits per heavy atom. The van der Waals surface area contributed by atoms with Gasteiger partial charge in [0.25, 0.3) is 6.02 Å². The maximum absolute atomic E-state index is 6.21. The second kappa shape index (κ2) is 4.14. The Balaban J connectivity index is 1.39. The van der Waals surface area contributed by atoms with Crippen molar-refractivity contribution in [3.63, 3.8) is 0 Å². The molecule has 1 unspecified atom stereocenters. The maximum atomic E-state index is 6.21. The molecule has 5 rings (SSSR count). The average Bonchev–Trinajstić information content (AvgIpc) is 3.23. The summed E-state index contributed by atoms with van der Waals surface area (Å²) in [6.45, 7) is 4.13. The summed E-state index contributed by atoms with van der Waals surface area (Å²) in [6, 6.07) is 2.60. The van der Waals surface area contributed by atoms with Crippen LogP contribution < -0.4 is 5.32 Å². The lowest BCUT2D eigenvalue weighted by Crippen LogP contribution is -2.46. The van der Waals surface area contributed by atoms with Crippen LogP contribution in [0.4, 0.5) is 5.82 Å². The molecule has 0 saturated carbocycles. The second-order valence-electron chi connectivity index (χ2n) is 5.99. The number of hydrogen-bond acceptors (Lipinski definition) is 7. The molecule has 2 bridgehead atoms. The van der Waals surface area contributed by atoms with Gasteiger partial charge in [-0.05, 0) is 24.4 Å². The smallest absolute Gasteiger partial charge is 0.291 e. The topological polar surface area (TPSA) is 62.6 Å². The van der Waals surface area contributed by atoms with E-state index in [1.807, 2.05) is 11.4 Å². The number of hydrogen-bond donors (Lipinski definition) is 1. The van der Waals surface area contributed by atoms with Crippen LogP contribution in [0.5, 0.6) is 0 Å². The van der Waals surface area contributed by atoms with Crippen molar-refractivity contribution < 1.29 is 4.74 Å². The van der Waals surface area contributed by atoms with E-state index in [2.05, 4.69) is 25.2 Å². The summed E-state index contributed by atoms with van der Waals surface area (Å²) in [4.78, 5) is 15.6. The summed E-state index contributed by atoms with van der Waals surface area (Å²) >= 11 is 1.63. The number of rotatable bonds is 1. The molecule has 21 heavy (non-hydrogen) atoms. The fraction of sp³-hybridized carbons (Fsp3) is 0.500. The van der Waals surface area contributed by atoms with Gasteiger partial charge in [-0.15, -0.1) is 11.3 Å². The minimum absolute atomic E-state index is 0.0951. The largest absolute Gasteiger partial charge is 0.455 e. The van der Waals surface area contributed by atoms with Gasteiger partial charge in [-0.3, -0.25) is 10.2 Å². The van der Waals surface area contributed by atoms with Crippen LogP contribution in [0.2, 0.25) is 0 Å². The first kappa shape index (κ1) is 11.9. The van der Waals surface area contributed by atoms with Gasteiger partial charge in [0.15, 0.2) is 5.82 Å². The molecule has 0 radical (unpaired) electrons. The summed E-state index contributed by atoms with van der Waals surface area (Å²) in [5.41, 5.74) is 0.860. The number of amidine groups is 1. The molecule has 3 aliphatic heterocycles. The SMILES string of the molecule is c1nc(NC2=NC[C@@]3(CN4CC[C@@H]3C4)O2)c2sccc2n1. The van der Waals surface area contributed by atoms with E-state index in [4.69, 9.17) is 4.74 Å². The zero-order valence-corrected chi connectivity index (χ0v) is 12.3. The van der Waals surface area contributed by atoms with Crippen LogP contribution in [0, 0.1) is 5.92 Å². The molecule has 5 heterocycles. The molecule has 0 aromatic carbocycles. The Labute approximate surface area is 125 Å². The summed E-state index contributed by atoms with van der Waals surface area (Å²) in [6.07, 6.45) is 2.80. The number of aliphatic imine (C=N–C) groups is 1. The number of nitrogens with one attached hydrogen (secondary N) is 1. The standard InChI is InChI=1S/C14H15N5OS/c1-3-19-5-9(1)14(7-19)6-15-13(20-14)18-12-11-10(2-4-21-11)16-8-17-12/h2,4,8-9H,1,3,5-7H2,(H,15,16,17,18)/t9-,14+/m1/s1. The van der Waals surface area contributed by atoms with E-state index in [0.717, 1.165) is 35.7 Å². The quantitative estimate of drug-likeness (QED) is 0.866. The van der Waals surface area contributed by atoms with E-state index >= 15 is 0 Å². The molecule has 2 aromatic rings. The fourth-order valence-electron chi connectivity index (χ4n) is 3.71. The lowest BCUT2D eigenvalue weighted by molar-refractivity contribution is 0.0364. The molecular weight excluding hydrogens is 286 g/mol. The molecule has 1 N–H and O–H groups in total. The highest BCUT2D eigenvalue weighted by molar-refractivity contribution is 7.17. The monoisotopic (exact) mass is 301 g/mol. The third-order valence-corrected chi connectivity index (χ3v) is 5.68. The van der Waals surface area contributed by atoms with Crippen LogP contribution in [-0.4, -0.2) is 52.7 Å². The van der Waals surface area contributed by atoms with Crippen LogP contribution in [0.15, 0.2) is 22.8 Å². The number of nitrogens with zero attached hydrogens (tertiary/aromatic N) is 4. The second-order valence-corrected chi connectivity index (χ2v) is 6.91. The lowest BCUT2D eigenvalue weighted by Gasteiger charge is -2.32. The Morgan fingerprint density at radius 2 is 2.43 bits per heavy atom. The first-order valence-electron chi connectivity index (χ1n) is 7.23. The van der Waals surface area contributed by atoms with Gasteiger partial charge in [-0.1, -0.05) is 0 Å². The van der Waals surface area contributed by atoms with E-state index in [9.17, 15) is 0 Å². The van der Waals surface area contributed by atoms with E-state index in [-0.39, 0.29) is 5.60 Å². The third kappa shape index (κ3) is 1.70. The number of ether oxygens (including phenoxy) is 1. The van der Waals surface area contributed by atoms with Crippen LogP contribution in [0.3, 0.4) is 0 Å². The minimum Gasteiger partial charge on any atom is -0.455 e. The molecule has 1 spiro atoms. The number of aromatic nitrogens is 2. The molecule has 3 aliphatic rings. The maximum Gasteiger partial charge on any atom is 0.291 e. The third-order valence-electron chi connectivity index (χ3n) is 4.77. The van der Waals surface area contributed by atoms with E-state index < -0.39 is 0 Å². The zero-order valence-electron chi connectivity index (χ0n) is 11.5. The zero-order chi connectivity index (χ0) is 13.9. The highest BCUT2D eigenvalue weighted by atomic mass is 32.1.